The first-order chi connectivity index (χ1) is 15.0. The van der Waals surface area contributed by atoms with Gasteiger partial charge in [0.25, 0.3) is 11.1 Å². The Morgan fingerprint density at radius 1 is 0.839 bits per heavy atom. The molecule has 1 aromatic heterocycles. The van der Waals surface area contributed by atoms with Crippen LogP contribution in [0.15, 0.2) is 64.2 Å². The van der Waals surface area contributed by atoms with Gasteiger partial charge in [-0.15, -0.1) is 0 Å². The average molecular weight is 420 g/mol. The molecule has 160 valence electrons. The van der Waals surface area contributed by atoms with E-state index in [1.54, 1.807) is 36.4 Å². The van der Waals surface area contributed by atoms with Crippen molar-refractivity contribution < 1.29 is 14.3 Å². The van der Waals surface area contributed by atoms with E-state index in [1.807, 2.05) is 30.3 Å². The second-order valence-electron chi connectivity index (χ2n) is 6.89. The van der Waals surface area contributed by atoms with Gasteiger partial charge >= 0.3 is 5.97 Å². The second kappa shape index (κ2) is 10.8. The number of carbonyl (C=O) groups is 1. The maximum Gasteiger partial charge on any atom is 0.305 e. The molecule has 3 aromatic rings. The van der Waals surface area contributed by atoms with Crippen LogP contribution in [0.3, 0.4) is 0 Å². The summed E-state index contributed by atoms with van der Waals surface area (Å²) in [7, 11) is 1.37. The first-order valence-electron chi connectivity index (χ1n) is 9.96. The van der Waals surface area contributed by atoms with Gasteiger partial charge in [-0.25, -0.2) is 0 Å². The Morgan fingerprint density at radius 3 is 2.00 bits per heavy atom. The van der Waals surface area contributed by atoms with Crippen molar-refractivity contribution in [1.29, 1.82) is 0 Å². The molecule has 0 bridgehead atoms. The van der Waals surface area contributed by atoms with Crippen molar-refractivity contribution >= 4 is 18.1 Å². The minimum atomic E-state index is -0.382. The summed E-state index contributed by atoms with van der Waals surface area (Å²) in [4.78, 5) is 41.1. The molecule has 0 amide bonds. The quantitative estimate of drug-likeness (QED) is 0.424. The molecule has 0 saturated carbocycles. The van der Waals surface area contributed by atoms with Crippen LogP contribution in [0.5, 0.6) is 5.75 Å². The van der Waals surface area contributed by atoms with Gasteiger partial charge in [0.05, 0.1) is 13.7 Å². The molecule has 0 aliphatic rings. The lowest BCUT2D eigenvalue weighted by Gasteiger charge is -2.06. The lowest BCUT2D eigenvalue weighted by molar-refractivity contribution is -0.140. The number of nitrogens with one attached hydrogen (secondary N) is 2. The van der Waals surface area contributed by atoms with E-state index in [1.165, 1.54) is 7.11 Å². The molecule has 2 N–H and O–H groups in total. The summed E-state index contributed by atoms with van der Waals surface area (Å²) in [5.41, 5.74) is 0.814. The number of carbonyl (C=O) groups excluding carboxylic acids is 1. The zero-order valence-electron chi connectivity index (χ0n) is 17.2. The molecule has 31 heavy (non-hydrogen) atoms. The summed E-state index contributed by atoms with van der Waals surface area (Å²) in [5.74, 6) is 0.462. The van der Waals surface area contributed by atoms with Gasteiger partial charge in [-0.2, -0.15) is 0 Å². The maximum atomic E-state index is 12.4. The van der Waals surface area contributed by atoms with Gasteiger partial charge in [-0.3, -0.25) is 14.4 Å². The molecule has 0 aliphatic carbocycles. The smallest absolute Gasteiger partial charge is 0.305 e. The SMILES string of the molecule is COC(=O)CCCCOc1ccc(/C=c2\[nH]c(=O)/c(=C/c3ccccc3)[nH]c2=O)cc1. The molecular formula is C24H24N2O5. The van der Waals surface area contributed by atoms with Crippen LogP contribution >= 0.6 is 0 Å². The molecule has 7 nitrogen and oxygen atoms in total. The minimum absolute atomic E-state index is 0.173. The van der Waals surface area contributed by atoms with E-state index >= 15 is 0 Å². The van der Waals surface area contributed by atoms with Crippen molar-refractivity contribution in [1.82, 2.24) is 9.97 Å². The van der Waals surface area contributed by atoms with Gasteiger partial charge in [0.15, 0.2) is 0 Å². The molecule has 3 rings (SSSR count). The topological polar surface area (TPSA) is 101 Å². The zero-order chi connectivity index (χ0) is 22.1. The average Bonchev–Trinajstić information content (AvgIpc) is 2.78. The molecule has 2 aromatic carbocycles. The highest BCUT2D eigenvalue weighted by atomic mass is 16.5. The Balaban J connectivity index is 1.69. The summed E-state index contributed by atoms with van der Waals surface area (Å²) >= 11 is 0. The molecule has 1 heterocycles. The van der Waals surface area contributed by atoms with Crippen LogP contribution in [-0.4, -0.2) is 29.7 Å². The third-order valence-corrected chi connectivity index (χ3v) is 4.56. The molecule has 0 fully saturated rings. The molecule has 0 spiro atoms. The lowest BCUT2D eigenvalue weighted by atomic mass is 10.2. The van der Waals surface area contributed by atoms with Gasteiger partial charge in [0, 0.05) is 6.42 Å². The highest BCUT2D eigenvalue weighted by Crippen LogP contribution is 2.13. The number of benzene rings is 2. The Labute approximate surface area is 178 Å². The fourth-order valence-electron chi connectivity index (χ4n) is 2.90. The number of ether oxygens (including phenoxy) is 2. The Morgan fingerprint density at radius 2 is 1.42 bits per heavy atom. The molecule has 0 aliphatic heterocycles. The van der Waals surface area contributed by atoms with Crippen LogP contribution in [0.4, 0.5) is 0 Å². The van der Waals surface area contributed by atoms with Crippen molar-refractivity contribution in [2.24, 2.45) is 0 Å². The van der Waals surface area contributed by atoms with Crippen LogP contribution < -0.4 is 26.6 Å². The zero-order valence-corrected chi connectivity index (χ0v) is 17.2. The van der Waals surface area contributed by atoms with E-state index in [0.29, 0.717) is 25.2 Å². The molecule has 7 heteroatoms. The van der Waals surface area contributed by atoms with Gasteiger partial charge in [-0.1, -0.05) is 42.5 Å². The maximum absolute atomic E-state index is 12.4. The van der Waals surface area contributed by atoms with Crippen molar-refractivity contribution in [2.75, 3.05) is 13.7 Å². The Hall–Kier alpha value is -3.87. The van der Waals surface area contributed by atoms with Crippen LogP contribution in [0.1, 0.15) is 30.4 Å². The summed E-state index contributed by atoms with van der Waals surface area (Å²) in [5, 5.41) is 0.371. The number of aromatic nitrogens is 2. The molecule has 0 unspecified atom stereocenters. The summed E-state index contributed by atoms with van der Waals surface area (Å²) in [6.07, 6.45) is 5.05. The Kier molecular flexibility index (Phi) is 7.59. The fourth-order valence-corrected chi connectivity index (χ4v) is 2.90. The van der Waals surface area contributed by atoms with Crippen molar-refractivity contribution in [3.8, 4) is 5.75 Å². The number of hydrogen-bond acceptors (Lipinski definition) is 5. The molecule has 0 saturated heterocycles. The van der Waals surface area contributed by atoms with Crippen LogP contribution in [0.2, 0.25) is 0 Å². The number of esters is 1. The summed E-state index contributed by atoms with van der Waals surface area (Å²) < 4.78 is 10.2. The standard InChI is InChI=1S/C24H24N2O5/c1-30-22(27)9-5-6-14-31-19-12-10-18(11-13-19)16-21-24(29)25-20(23(28)26-21)15-17-7-3-2-4-8-17/h2-4,7-8,10-13,15-16H,5-6,9,14H2,1H3,(H,25,29)(H,26,28)/b20-15-,21-16-. The predicted molar refractivity (Wildman–Crippen MR) is 118 cm³/mol. The van der Waals surface area contributed by atoms with E-state index in [0.717, 1.165) is 17.5 Å². The lowest BCUT2D eigenvalue weighted by Crippen LogP contribution is -2.46. The third kappa shape index (κ3) is 6.57. The third-order valence-electron chi connectivity index (χ3n) is 4.56. The molecule has 0 atom stereocenters. The first kappa shape index (κ1) is 21.8. The first-order valence-corrected chi connectivity index (χ1v) is 9.96. The number of aromatic amines is 2. The predicted octanol–water partition coefficient (Wildman–Crippen LogP) is 1.44. The highest BCUT2D eigenvalue weighted by Gasteiger charge is 2.01. The van der Waals surface area contributed by atoms with E-state index in [2.05, 4.69) is 14.7 Å². The van der Waals surface area contributed by atoms with Crippen LogP contribution in [-0.2, 0) is 9.53 Å². The summed E-state index contributed by atoms with van der Waals surface area (Å²) in [6.45, 7) is 0.492. The number of hydrogen-bond donors (Lipinski definition) is 2. The van der Waals surface area contributed by atoms with Crippen LogP contribution in [0, 0.1) is 0 Å². The van der Waals surface area contributed by atoms with E-state index < -0.39 is 0 Å². The minimum Gasteiger partial charge on any atom is -0.494 e. The van der Waals surface area contributed by atoms with Crippen molar-refractivity contribution in [3.63, 3.8) is 0 Å². The number of unbranched alkanes of at least 4 members (excludes halogenated alkanes) is 1. The van der Waals surface area contributed by atoms with E-state index in [4.69, 9.17) is 4.74 Å². The van der Waals surface area contributed by atoms with Gasteiger partial charge in [-0.05, 0) is 48.3 Å². The second-order valence-corrected chi connectivity index (χ2v) is 6.89. The summed E-state index contributed by atoms with van der Waals surface area (Å²) in [6, 6.07) is 16.5. The van der Waals surface area contributed by atoms with E-state index in [9.17, 15) is 14.4 Å². The number of methoxy groups -OCH3 is 1. The largest absolute Gasteiger partial charge is 0.494 e. The van der Waals surface area contributed by atoms with Crippen molar-refractivity contribution in [2.45, 2.75) is 19.3 Å². The Bertz CT molecular complexity index is 1240. The highest BCUT2D eigenvalue weighted by molar-refractivity contribution is 5.68. The van der Waals surface area contributed by atoms with Crippen molar-refractivity contribution in [3.05, 3.63) is 97.1 Å². The monoisotopic (exact) mass is 420 g/mol. The number of rotatable bonds is 8. The van der Waals surface area contributed by atoms with Gasteiger partial charge in [0.1, 0.15) is 16.4 Å². The van der Waals surface area contributed by atoms with Crippen LogP contribution in [0.25, 0.3) is 12.2 Å². The molecule has 0 radical (unpaired) electrons. The van der Waals surface area contributed by atoms with E-state index in [-0.39, 0.29) is 27.8 Å². The van der Waals surface area contributed by atoms with Gasteiger partial charge in [0.2, 0.25) is 0 Å². The molecular weight excluding hydrogens is 396 g/mol. The number of H-pyrrole nitrogens is 2. The fraction of sp³-hybridized carbons (Fsp3) is 0.208. The normalized spacial score (nSPS) is 12.0. The van der Waals surface area contributed by atoms with Gasteiger partial charge < -0.3 is 19.4 Å².